The first-order valence-corrected chi connectivity index (χ1v) is 9.70. The van der Waals surface area contributed by atoms with Gasteiger partial charge >= 0.3 is 6.03 Å². The monoisotopic (exact) mass is 387 g/mol. The molecule has 1 aromatic heterocycles. The average Bonchev–Trinajstić information content (AvgIpc) is 2.71. The molecule has 144 valence electrons. The molecule has 0 bridgehead atoms. The Morgan fingerprint density at radius 1 is 1.41 bits per heavy atom. The quantitative estimate of drug-likeness (QED) is 0.855. The topological polar surface area (TPSA) is 61.4 Å². The largest absolute Gasteiger partial charge is 0.353 e. The van der Waals surface area contributed by atoms with E-state index >= 15 is 0 Å². The van der Waals surface area contributed by atoms with E-state index in [1.165, 1.54) is 5.56 Å². The summed E-state index contributed by atoms with van der Waals surface area (Å²) in [6, 6.07) is 9.96. The molecule has 0 spiro atoms. The van der Waals surface area contributed by atoms with Gasteiger partial charge < -0.3 is 15.1 Å². The van der Waals surface area contributed by atoms with Crippen LogP contribution in [0.5, 0.6) is 0 Å². The van der Waals surface area contributed by atoms with Crippen molar-refractivity contribution in [3.8, 4) is 0 Å². The molecular weight excluding hydrogens is 362 g/mol. The fourth-order valence-corrected chi connectivity index (χ4v) is 3.53. The molecule has 1 N–H and O–H groups in total. The molecule has 6 nitrogen and oxygen atoms in total. The molecule has 1 aliphatic rings. The number of aryl methyl sites for hydroxylation is 1. The number of carbonyl (C=O) groups is 1. The number of anilines is 1. The molecule has 2 amide bonds. The van der Waals surface area contributed by atoms with Crippen molar-refractivity contribution in [2.45, 2.75) is 32.2 Å². The van der Waals surface area contributed by atoms with Crippen molar-refractivity contribution < 1.29 is 4.79 Å². The second kappa shape index (κ2) is 9.04. The molecule has 7 heteroatoms. The number of hydrogen-bond acceptors (Lipinski definition) is 4. The van der Waals surface area contributed by atoms with Gasteiger partial charge in [0, 0.05) is 37.9 Å². The van der Waals surface area contributed by atoms with Gasteiger partial charge in [-0.25, -0.2) is 4.79 Å². The fourth-order valence-electron chi connectivity index (χ4n) is 3.41. The van der Waals surface area contributed by atoms with Crippen LogP contribution in [0.3, 0.4) is 0 Å². The van der Waals surface area contributed by atoms with Crippen LogP contribution in [0, 0.1) is 6.92 Å². The minimum Gasteiger partial charge on any atom is -0.353 e. The Labute approximate surface area is 165 Å². The summed E-state index contributed by atoms with van der Waals surface area (Å²) in [4.78, 5) is 16.6. The fraction of sp³-hybridized carbons (Fsp3) is 0.450. The predicted molar refractivity (Wildman–Crippen MR) is 108 cm³/mol. The molecular formula is C20H26ClN5O. The zero-order valence-corrected chi connectivity index (χ0v) is 16.6. The van der Waals surface area contributed by atoms with E-state index in [1.54, 1.807) is 6.20 Å². The Morgan fingerprint density at radius 2 is 2.26 bits per heavy atom. The molecule has 0 unspecified atom stereocenters. The lowest BCUT2D eigenvalue weighted by molar-refractivity contribution is 0.182. The van der Waals surface area contributed by atoms with Crippen molar-refractivity contribution in [1.29, 1.82) is 0 Å². The van der Waals surface area contributed by atoms with Crippen LogP contribution < -0.4 is 10.2 Å². The Balaban J connectivity index is 1.50. The maximum Gasteiger partial charge on any atom is 0.317 e. The van der Waals surface area contributed by atoms with Crippen LogP contribution in [-0.2, 0) is 6.42 Å². The summed E-state index contributed by atoms with van der Waals surface area (Å²) in [6.07, 6.45) is 4.49. The number of aromatic nitrogens is 2. The lowest BCUT2D eigenvalue weighted by atomic mass is 10.0. The lowest BCUT2D eigenvalue weighted by Gasteiger charge is -2.37. The summed E-state index contributed by atoms with van der Waals surface area (Å²) in [5.74, 6) is 0.870. The lowest BCUT2D eigenvalue weighted by Crippen LogP contribution is -2.51. The van der Waals surface area contributed by atoms with Gasteiger partial charge in [-0.05, 0) is 55.5 Å². The number of rotatable bonds is 5. The zero-order valence-electron chi connectivity index (χ0n) is 15.9. The number of benzene rings is 1. The van der Waals surface area contributed by atoms with E-state index in [0.29, 0.717) is 6.54 Å². The van der Waals surface area contributed by atoms with E-state index in [9.17, 15) is 4.79 Å². The smallest absolute Gasteiger partial charge is 0.317 e. The summed E-state index contributed by atoms with van der Waals surface area (Å²) in [7, 11) is 1.87. The van der Waals surface area contributed by atoms with Gasteiger partial charge in [-0.3, -0.25) is 0 Å². The number of nitrogens with one attached hydrogen (secondary N) is 1. The summed E-state index contributed by atoms with van der Waals surface area (Å²) in [5.41, 5.74) is 2.23. The van der Waals surface area contributed by atoms with E-state index in [1.807, 2.05) is 43.1 Å². The van der Waals surface area contributed by atoms with Crippen molar-refractivity contribution in [2.24, 2.45) is 0 Å². The second-order valence-electron chi connectivity index (χ2n) is 7.00. The van der Waals surface area contributed by atoms with Crippen LogP contribution in [0.1, 0.15) is 24.0 Å². The first kappa shape index (κ1) is 19.4. The van der Waals surface area contributed by atoms with E-state index in [2.05, 4.69) is 26.5 Å². The van der Waals surface area contributed by atoms with Crippen molar-refractivity contribution in [2.75, 3.05) is 31.6 Å². The average molecular weight is 388 g/mol. The molecule has 1 aromatic carbocycles. The normalized spacial score (nSPS) is 16.9. The van der Waals surface area contributed by atoms with E-state index < -0.39 is 0 Å². The third kappa shape index (κ3) is 5.10. The minimum atomic E-state index is -0.0355. The van der Waals surface area contributed by atoms with Gasteiger partial charge in [0.1, 0.15) is 0 Å². The van der Waals surface area contributed by atoms with E-state index in [0.717, 1.165) is 48.8 Å². The Hall–Kier alpha value is -2.34. The Bertz CT molecular complexity index is 770. The molecule has 0 saturated carbocycles. The number of amides is 2. The number of likely N-dealkylation sites (N-methyl/N-ethyl adjacent to an activating group) is 1. The predicted octanol–water partition coefficient (Wildman–Crippen LogP) is 3.29. The molecule has 27 heavy (non-hydrogen) atoms. The molecule has 1 aliphatic heterocycles. The number of urea groups is 1. The summed E-state index contributed by atoms with van der Waals surface area (Å²) >= 11 is 6.06. The van der Waals surface area contributed by atoms with Gasteiger partial charge in [-0.15, -0.1) is 5.10 Å². The van der Waals surface area contributed by atoms with Crippen molar-refractivity contribution >= 4 is 23.4 Å². The third-order valence-corrected chi connectivity index (χ3v) is 5.48. The molecule has 0 aliphatic carbocycles. The van der Waals surface area contributed by atoms with Gasteiger partial charge in [0.15, 0.2) is 5.82 Å². The molecule has 3 rings (SSSR count). The number of piperidine rings is 1. The van der Waals surface area contributed by atoms with E-state index in [4.69, 9.17) is 11.6 Å². The van der Waals surface area contributed by atoms with Gasteiger partial charge in [0.25, 0.3) is 0 Å². The number of hydrogen-bond donors (Lipinski definition) is 1. The Kier molecular flexibility index (Phi) is 6.50. The molecule has 1 atom stereocenters. The maximum atomic E-state index is 12.5. The van der Waals surface area contributed by atoms with Crippen LogP contribution >= 0.6 is 11.6 Å². The highest BCUT2D eigenvalue weighted by molar-refractivity contribution is 6.31. The van der Waals surface area contributed by atoms with Crippen LogP contribution in [0.4, 0.5) is 10.6 Å². The Morgan fingerprint density at radius 3 is 3.00 bits per heavy atom. The zero-order chi connectivity index (χ0) is 19.2. The first-order chi connectivity index (χ1) is 13.0. The standard InChI is InChI=1S/C20H26ClN5O/c1-15-13-16(7-8-18(15)21)9-11-22-20(27)25(2)17-5-4-12-26(14-17)19-6-3-10-23-24-19/h3,6-8,10,13,17H,4-5,9,11-12,14H2,1-2H3,(H,22,27)/t17-/m1/s1. The maximum absolute atomic E-state index is 12.5. The van der Waals surface area contributed by atoms with Gasteiger partial charge in [-0.2, -0.15) is 5.10 Å². The molecule has 1 fully saturated rings. The van der Waals surface area contributed by atoms with Gasteiger partial charge in [-0.1, -0.05) is 23.7 Å². The van der Waals surface area contributed by atoms with Crippen LogP contribution in [0.25, 0.3) is 0 Å². The van der Waals surface area contributed by atoms with Crippen molar-refractivity contribution in [3.05, 3.63) is 52.7 Å². The molecule has 2 aromatic rings. The highest BCUT2D eigenvalue weighted by atomic mass is 35.5. The number of nitrogens with zero attached hydrogens (tertiary/aromatic N) is 4. The van der Waals surface area contributed by atoms with Crippen LogP contribution in [0.15, 0.2) is 36.5 Å². The minimum absolute atomic E-state index is 0.0355. The highest BCUT2D eigenvalue weighted by Crippen LogP contribution is 2.20. The highest BCUT2D eigenvalue weighted by Gasteiger charge is 2.26. The molecule has 2 heterocycles. The van der Waals surface area contributed by atoms with Gasteiger partial charge in [0.05, 0.1) is 6.04 Å². The molecule has 0 radical (unpaired) electrons. The number of carbonyl (C=O) groups excluding carboxylic acids is 1. The molecule has 1 saturated heterocycles. The van der Waals surface area contributed by atoms with Gasteiger partial charge in [0.2, 0.25) is 0 Å². The van der Waals surface area contributed by atoms with Crippen molar-refractivity contribution in [3.63, 3.8) is 0 Å². The summed E-state index contributed by atoms with van der Waals surface area (Å²) in [5, 5.41) is 11.9. The summed E-state index contributed by atoms with van der Waals surface area (Å²) in [6.45, 7) is 4.31. The second-order valence-corrected chi connectivity index (χ2v) is 7.41. The van der Waals surface area contributed by atoms with Crippen LogP contribution in [-0.4, -0.2) is 53.9 Å². The summed E-state index contributed by atoms with van der Waals surface area (Å²) < 4.78 is 0. The van der Waals surface area contributed by atoms with Crippen molar-refractivity contribution in [1.82, 2.24) is 20.4 Å². The third-order valence-electron chi connectivity index (χ3n) is 5.06. The first-order valence-electron chi connectivity index (χ1n) is 9.33. The SMILES string of the molecule is Cc1cc(CCNC(=O)N(C)[C@@H]2CCCN(c3cccnn3)C2)ccc1Cl. The van der Waals surface area contributed by atoms with E-state index in [-0.39, 0.29) is 12.1 Å². The number of halogens is 1. The van der Waals surface area contributed by atoms with Crippen LogP contribution in [0.2, 0.25) is 5.02 Å².